The zero-order valence-electron chi connectivity index (χ0n) is 13.6. The lowest BCUT2D eigenvalue weighted by Gasteiger charge is -2.12. The average Bonchev–Trinajstić information content (AvgIpc) is 2.61. The second kappa shape index (κ2) is 6.98. The normalized spacial score (nSPS) is 10.7. The molecule has 3 rings (SSSR count). The van der Waals surface area contributed by atoms with Crippen LogP contribution in [-0.4, -0.2) is 20.5 Å². The van der Waals surface area contributed by atoms with Crippen molar-refractivity contribution in [3.05, 3.63) is 76.2 Å². The first-order chi connectivity index (χ1) is 12.0. The van der Waals surface area contributed by atoms with Gasteiger partial charge in [-0.15, -0.1) is 0 Å². The first-order valence-corrected chi connectivity index (χ1v) is 8.27. The highest BCUT2D eigenvalue weighted by atomic mass is 32.2. The van der Waals surface area contributed by atoms with E-state index in [4.69, 9.17) is 0 Å². The molecule has 1 aromatic carbocycles. The number of pyridine rings is 1. The molecule has 7 heteroatoms. The number of Topliss-reactive ketones (excluding diaryl/α,β-unsaturated/α-hetero) is 1. The molecular weight excluding hydrogens is 341 g/mol. The number of rotatable bonds is 4. The lowest BCUT2D eigenvalue weighted by atomic mass is 10.2. The van der Waals surface area contributed by atoms with E-state index < -0.39 is 0 Å². The Morgan fingerprint density at radius 3 is 2.52 bits per heavy atom. The van der Waals surface area contributed by atoms with Crippen LogP contribution in [-0.2, 0) is 0 Å². The molecule has 2 aromatic heterocycles. The lowest BCUT2D eigenvalue weighted by molar-refractivity contribution is 0.101. The van der Waals surface area contributed by atoms with Gasteiger partial charge in [-0.05, 0) is 48.9 Å². The zero-order valence-corrected chi connectivity index (χ0v) is 14.4. The molecular formula is C18H14FN3O2S. The van der Waals surface area contributed by atoms with Gasteiger partial charge in [0.15, 0.2) is 5.78 Å². The Labute approximate surface area is 147 Å². The van der Waals surface area contributed by atoms with Crippen LogP contribution in [0, 0.1) is 12.7 Å². The fraction of sp³-hybridized carbons (Fsp3) is 0.111. The summed E-state index contributed by atoms with van der Waals surface area (Å²) in [4.78, 5) is 29.9. The predicted octanol–water partition coefficient (Wildman–Crippen LogP) is 3.43. The number of halogens is 1. The Morgan fingerprint density at radius 1 is 1.20 bits per heavy atom. The van der Waals surface area contributed by atoms with Crippen molar-refractivity contribution in [3.8, 4) is 5.69 Å². The summed E-state index contributed by atoms with van der Waals surface area (Å²) in [6.45, 7) is 3.09. The van der Waals surface area contributed by atoms with Gasteiger partial charge < -0.3 is 0 Å². The number of hydrogen-bond donors (Lipinski definition) is 0. The third-order valence-corrected chi connectivity index (χ3v) is 4.73. The Hall–Kier alpha value is -2.80. The molecule has 0 atom stereocenters. The fourth-order valence-corrected chi connectivity index (χ4v) is 3.25. The second-order valence-electron chi connectivity index (χ2n) is 5.34. The monoisotopic (exact) mass is 355 g/mol. The van der Waals surface area contributed by atoms with Gasteiger partial charge in [0.05, 0.1) is 16.8 Å². The highest BCUT2D eigenvalue weighted by Crippen LogP contribution is 2.29. The third kappa shape index (κ3) is 3.51. The molecule has 0 aliphatic heterocycles. The minimum Gasteiger partial charge on any atom is -0.293 e. The van der Waals surface area contributed by atoms with Crippen molar-refractivity contribution in [2.24, 2.45) is 0 Å². The third-order valence-electron chi connectivity index (χ3n) is 3.54. The van der Waals surface area contributed by atoms with Crippen molar-refractivity contribution in [3.63, 3.8) is 0 Å². The molecule has 0 unspecified atom stereocenters. The Balaban J connectivity index is 2.19. The van der Waals surface area contributed by atoms with Crippen LogP contribution < -0.4 is 5.56 Å². The minimum absolute atomic E-state index is 0.216. The van der Waals surface area contributed by atoms with Gasteiger partial charge >= 0.3 is 0 Å². The minimum atomic E-state index is -0.357. The average molecular weight is 355 g/mol. The Morgan fingerprint density at radius 2 is 1.92 bits per heavy atom. The maximum atomic E-state index is 13.1. The van der Waals surface area contributed by atoms with Crippen LogP contribution in [0.15, 0.2) is 63.4 Å². The quantitative estimate of drug-likeness (QED) is 0.671. The van der Waals surface area contributed by atoms with Crippen molar-refractivity contribution in [1.29, 1.82) is 0 Å². The van der Waals surface area contributed by atoms with Gasteiger partial charge in [-0.2, -0.15) is 9.78 Å². The molecule has 0 aliphatic rings. The lowest BCUT2D eigenvalue weighted by Crippen LogP contribution is -2.26. The predicted molar refractivity (Wildman–Crippen MR) is 92.9 cm³/mol. The van der Waals surface area contributed by atoms with Crippen LogP contribution in [0.3, 0.4) is 0 Å². The number of nitrogens with zero attached hydrogens (tertiary/aromatic N) is 3. The van der Waals surface area contributed by atoms with Crippen molar-refractivity contribution in [1.82, 2.24) is 14.8 Å². The van der Waals surface area contributed by atoms with Crippen LogP contribution in [0.4, 0.5) is 4.39 Å². The van der Waals surface area contributed by atoms with E-state index in [0.29, 0.717) is 21.0 Å². The van der Waals surface area contributed by atoms with Crippen molar-refractivity contribution in [2.75, 3.05) is 0 Å². The summed E-state index contributed by atoms with van der Waals surface area (Å²) in [7, 11) is 0. The highest BCUT2D eigenvalue weighted by Gasteiger charge is 2.19. The van der Waals surface area contributed by atoms with E-state index in [1.165, 1.54) is 41.7 Å². The van der Waals surface area contributed by atoms with E-state index in [9.17, 15) is 14.0 Å². The molecule has 0 spiro atoms. The molecule has 0 saturated carbocycles. The molecule has 2 heterocycles. The molecule has 0 fully saturated rings. The topological polar surface area (TPSA) is 64.8 Å². The summed E-state index contributed by atoms with van der Waals surface area (Å²) in [5, 5.41) is 4.20. The smallest absolute Gasteiger partial charge is 0.285 e. The molecule has 5 nitrogen and oxygen atoms in total. The first kappa shape index (κ1) is 17.0. The van der Waals surface area contributed by atoms with Crippen molar-refractivity contribution in [2.45, 2.75) is 23.6 Å². The first-order valence-electron chi connectivity index (χ1n) is 7.46. The molecule has 0 bridgehead atoms. The standard InChI is InChI=1S/C18H14FN3O2S/c1-11-16(12(2)23)21-22(14-4-3-9-20-10-14)18(24)17(11)25-15-7-5-13(19)6-8-15/h3-10H,1-2H3. The van der Waals surface area contributed by atoms with Crippen molar-refractivity contribution >= 4 is 17.5 Å². The molecule has 0 amide bonds. The van der Waals surface area contributed by atoms with Gasteiger partial charge in [-0.25, -0.2) is 4.39 Å². The second-order valence-corrected chi connectivity index (χ2v) is 6.43. The van der Waals surface area contributed by atoms with Crippen LogP contribution in [0.25, 0.3) is 5.69 Å². The maximum absolute atomic E-state index is 13.1. The molecule has 0 N–H and O–H groups in total. The van der Waals surface area contributed by atoms with Gasteiger partial charge in [0.1, 0.15) is 11.5 Å². The summed E-state index contributed by atoms with van der Waals surface area (Å²) < 4.78 is 14.3. The molecule has 126 valence electrons. The number of hydrogen-bond acceptors (Lipinski definition) is 5. The van der Waals surface area contributed by atoms with E-state index in [2.05, 4.69) is 10.1 Å². The number of carbonyl (C=O) groups is 1. The summed E-state index contributed by atoms with van der Waals surface area (Å²) in [6.07, 6.45) is 3.09. The fourth-order valence-electron chi connectivity index (χ4n) is 2.31. The largest absolute Gasteiger partial charge is 0.293 e. The molecule has 25 heavy (non-hydrogen) atoms. The van der Waals surface area contributed by atoms with E-state index in [1.54, 1.807) is 37.4 Å². The van der Waals surface area contributed by atoms with E-state index >= 15 is 0 Å². The van der Waals surface area contributed by atoms with Crippen LogP contribution in [0.1, 0.15) is 23.0 Å². The maximum Gasteiger partial charge on any atom is 0.285 e. The molecule has 0 radical (unpaired) electrons. The molecule has 0 aliphatic carbocycles. The van der Waals surface area contributed by atoms with Gasteiger partial charge in [-0.1, -0.05) is 11.8 Å². The Bertz CT molecular complexity index is 986. The van der Waals surface area contributed by atoms with E-state index in [0.717, 1.165) is 0 Å². The molecule has 0 saturated heterocycles. The SMILES string of the molecule is CC(=O)c1nn(-c2cccnc2)c(=O)c(Sc2ccc(F)cc2)c1C. The van der Waals surface area contributed by atoms with E-state index in [-0.39, 0.29) is 22.9 Å². The number of ketones is 1. The van der Waals surface area contributed by atoms with Crippen LogP contribution in [0.5, 0.6) is 0 Å². The van der Waals surface area contributed by atoms with Crippen molar-refractivity contribution < 1.29 is 9.18 Å². The Kier molecular flexibility index (Phi) is 4.76. The summed E-state index contributed by atoms with van der Waals surface area (Å²) >= 11 is 1.18. The number of benzene rings is 1. The van der Waals surface area contributed by atoms with Crippen LogP contribution in [0.2, 0.25) is 0 Å². The van der Waals surface area contributed by atoms with Gasteiger partial charge in [0, 0.05) is 18.0 Å². The summed E-state index contributed by atoms with van der Waals surface area (Å²) in [5.41, 5.74) is 0.834. The van der Waals surface area contributed by atoms with Gasteiger partial charge in [0.25, 0.3) is 5.56 Å². The van der Waals surface area contributed by atoms with Crippen LogP contribution >= 0.6 is 11.8 Å². The highest BCUT2D eigenvalue weighted by molar-refractivity contribution is 7.99. The van der Waals surface area contributed by atoms with Gasteiger partial charge in [0.2, 0.25) is 0 Å². The van der Waals surface area contributed by atoms with Gasteiger partial charge in [-0.3, -0.25) is 14.6 Å². The summed E-state index contributed by atoms with van der Waals surface area (Å²) in [5.74, 6) is -0.593. The van der Waals surface area contributed by atoms with E-state index in [1.807, 2.05) is 0 Å². The summed E-state index contributed by atoms with van der Waals surface area (Å²) in [6, 6.07) is 9.19. The zero-order chi connectivity index (χ0) is 18.0. The number of carbonyl (C=O) groups excluding carboxylic acids is 1. The number of aromatic nitrogens is 3. The molecule has 3 aromatic rings.